The molecule has 16 heavy (non-hydrogen) atoms. The molecule has 0 amide bonds. The monoisotopic (exact) mass is 237 g/mol. The topological polar surface area (TPSA) is 12.5 Å². The van der Waals surface area contributed by atoms with Crippen molar-refractivity contribution in [3.63, 3.8) is 0 Å². The Balaban J connectivity index is 2.05. The maximum atomic E-state index is 5.61. The van der Waals surface area contributed by atoms with Gasteiger partial charge in [-0.1, -0.05) is 12.1 Å². The Morgan fingerprint density at radius 1 is 1.44 bits per heavy atom. The third-order valence-corrected chi connectivity index (χ3v) is 3.11. The van der Waals surface area contributed by atoms with Crippen molar-refractivity contribution >= 4 is 12.6 Å². The van der Waals surface area contributed by atoms with E-state index in [1.54, 1.807) is 0 Å². The first-order valence-electron chi connectivity index (χ1n) is 5.83. The highest BCUT2D eigenvalue weighted by atomic mass is 32.1. The lowest BCUT2D eigenvalue weighted by Gasteiger charge is -2.20. The fourth-order valence-electron chi connectivity index (χ4n) is 2.07. The Morgan fingerprint density at radius 2 is 2.31 bits per heavy atom. The molecule has 1 aromatic rings. The average Bonchev–Trinajstić information content (AvgIpc) is 2.29. The molecule has 3 heteroatoms. The number of hydrogen-bond donors (Lipinski definition) is 1. The maximum Gasteiger partial charge on any atom is 0.122 e. The van der Waals surface area contributed by atoms with E-state index < -0.39 is 0 Å². The van der Waals surface area contributed by atoms with Gasteiger partial charge in [-0.3, -0.25) is 0 Å². The minimum absolute atomic E-state index is 0.867. The van der Waals surface area contributed by atoms with Gasteiger partial charge >= 0.3 is 0 Å². The summed E-state index contributed by atoms with van der Waals surface area (Å²) in [4.78, 5) is 2.29. The summed E-state index contributed by atoms with van der Waals surface area (Å²) in [6, 6.07) is 6.56. The van der Waals surface area contributed by atoms with Crippen molar-refractivity contribution in [3.8, 4) is 5.75 Å². The lowest BCUT2D eigenvalue weighted by Crippen LogP contribution is -2.20. The second-order valence-electron chi connectivity index (χ2n) is 4.36. The molecule has 0 saturated carbocycles. The van der Waals surface area contributed by atoms with Gasteiger partial charge in [0.25, 0.3) is 0 Å². The van der Waals surface area contributed by atoms with Crippen LogP contribution in [0.25, 0.3) is 0 Å². The predicted octanol–water partition coefficient (Wildman–Crippen LogP) is 2.37. The third kappa shape index (κ3) is 2.92. The van der Waals surface area contributed by atoms with E-state index in [0.29, 0.717) is 0 Å². The van der Waals surface area contributed by atoms with Gasteiger partial charge in [0.1, 0.15) is 5.75 Å². The van der Waals surface area contributed by atoms with E-state index in [9.17, 15) is 0 Å². The van der Waals surface area contributed by atoms with Gasteiger partial charge in [-0.15, -0.1) is 0 Å². The van der Waals surface area contributed by atoms with E-state index in [4.69, 9.17) is 4.74 Å². The van der Waals surface area contributed by atoms with Gasteiger partial charge in [-0.25, -0.2) is 0 Å². The van der Waals surface area contributed by atoms with Gasteiger partial charge in [-0.05, 0) is 37.1 Å². The number of benzene rings is 1. The van der Waals surface area contributed by atoms with Crippen LogP contribution in [0.3, 0.4) is 0 Å². The minimum atomic E-state index is 0.867. The predicted molar refractivity (Wildman–Crippen MR) is 70.4 cm³/mol. The molecular weight excluding hydrogens is 218 g/mol. The van der Waals surface area contributed by atoms with Crippen LogP contribution in [0.1, 0.15) is 17.5 Å². The molecular formula is C13H19NOS. The molecule has 0 saturated heterocycles. The molecule has 0 unspecified atom stereocenters. The summed E-state index contributed by atoms with van der Waals surface area (Å²) in [6.07, 6.45) is 2.29. The normalized spacial score (nSPS) is 14.7. The van der Waals surface area contributed by atoms with E-state index in [-0.39, 0.29) is 0 Å². The molecule has 0 spiro atoms. The highest BCUT2D eigenvalue weighted by molar-refractivity contribution is 7.80. The molecule has 1 aliphatic rings. The van der Waals surface area contributed by atoms with E-state index in [1.807, 2.05) is 0 Å². The second kappa shape index (κ2) is 5.60. The highest BCUT2D eigenvalue weighted by Crippen LogP contribution is 2.25. The van der Waals surface area contributed by atoms with E-state index in [0.717, 1.165) is 44.0 Å². The summed E-state index contributed by atoms with van der Waals surface area (Å²) in [7, 11) is 2.13. The zero-order valence-electron chi connectivity index (χ0n) is 9.78. The fraction of sp³-hybridized carbons (Fsp3) is 0.538. The van der Waals surface area contributed by atoms with Crippen LogP contribution in [0.2, 0.25) is 0 Å². The molecule has 0 aliphatic carbocycles. The van der Waals surface area contributed by atoms with Crippen molar-refractivity contribution in [2.75, 3.05) is 26.0 Å². The molecule has 0 atom stereocenters. The Bertz CT molecular complexity index is 354. The number of nitrogens with zero attached hydrogens (tertiary/aromatic N) is 1. The number of aryl methyl sites for hydroxylation is 1. The van der Waals surface area contributed by atoms with Crippen LogP contribution >= 0.6 is 12.6 Å². The lowest BCUT2D eigenvalue weighted by molar-refractivity contribution is 0.287. The van der Waals surface area contributed by atoms with Crippen molar-refractivity contribution in [2.24, 2.45) is 0 Å². The van der Waals surface area contributed by atoms with Crippen LogP contribution in [0.4, 0.5) is 0 Å². The van der Waals surface area contributed by atoms with Gasteiger partial charge in [0.05, 0.1) is 6.61 Å². The highest BCUT2D eigenvalue weighted by Gasteiger charge is 2.10. The number of rotatable bonds is 4. The molecule has 1 aromatic carbocycles. The molecule has 2 rings (SSSR count). The zero-order chi connectivity index (χ0) is 11.4. The lowest BCUT2D eigenvalue weighted by atomic mass is 10.0. The van der Waals surface area contributed by atoms with Gasteiger partial charge < -0.3 is 9.64 Å². The SMILES string of the molecule is CN(CCS)Cc1ccc2c(c1)CCCO2. The number of hydrogen-bond acceptors (Lipinski definition) is 3. The fourth-order valence-corrected chi connectivity index (χ4v) is 2.41. The van der Waals surface area contributed by atoms with E-state index in [2.05, 4.69) is 42.8 Å². The first kappa shape index (κ1) is 11.8. The van der Waals surface area contributed by atoms with Gasteiger partial charge in [-0.2, -0.15) is 12.6 Å². The molecule has 0 radical (unpaired) electrons. The Labute approximate surface area is 103 Å². The van der Waals surface area contributed by atoms with Crippen molar-refractivity contribution in [1.82, 2.24) is 4.90 Å². The number of fused-ring (bicyclic) bond motifs is 1. The van der Waals surface area contributed by atoms with Crippen LogP contribution in [-0.4, -0.2) is 30.9 Å². The van der Waals surface area contributed by atoms with Crippen LogP contribution in [0, 0.1) is 0 Å². The minimum Gasteiger partial charge on any atom is -0.493 e. The third-order valence-electron chi connectivity index (χ3n) is 2.91. The van der Waals surface area contributed by atoms with Crippen LogP contribution < -0.4 is 4.74 Å². The molecule has 0 N–H and O–H groups in total. The van der Waals surface area contributed by atoms with Crippen molar-refractivity contribution < 1.29 is 4.74 Å². The van der Waals surface area contributed by atoms with E-state index >= 15 is 0 Å². The van der Waals surface area contributed by atoms with E-state index in [1.165, 1.54) is 11.1 Å². The second-order valence-corrected chi connectivity index (χ2v) is 4.80. The molecule has 1 heterocycles. The smallest absolute Gasteiger partial charge is 0.122 e. The molecule has 2 nitrogen and oxygen atoms in total. The van der Waals surface area contributed by atoms with Crippen molar-refractivity contribution in [3.05, 3.63) is 29.3 Å². The van der Waals surface area contributed by atoms with Crippen molar-refractivity contribution in [1.29, 1.82) is 0 Å². The zero-order valence-corrected chi connectivity index (χ0v) is 10.7. The quantitative estimate of drug-likeness (QED) is 0.807. The summed E-state index contributed by atoms with van der Waals surface area (Å²) >= 11 is 4.24. The number of ether oxygens (including phenoxy) is 1. The number of thiol groups is 1. The maximum absolute atomic E-state index is 5.61. The molecule has 0 bridgehead atoms. The summed E-state index contributed by atoms with van der Waals surface area (Å²) in [5, 5.41) is 0. The van der Waals surface area contributed by atoms with Gasteiger partial charge in [0.15, 0.2) is 0 Å². The molecule has 0 aromatic heterocycles. The summed E-state index contributed by atoms with van der Waals surface area (Å²) in [6.45, 7) is 2.89. The molecule has 88 valence electrons. The Hall–Kier alpha value is -0.670. The molecule has 0 fully saturated rings. The molecule has 1 aliphatic heterocycles. The van der Waals surface area contributed by atoms with Crippen LogP contribution in [-0.2, 0) is 13.0 Å². The average molecular weight is 237 g/mol. The standard InChI is InChI=1S/C13H19NOS/c1-14(6-8-16)10-11-4-5-13-12(9-11)3-2-7-15-13/h4-5,9,16H,2-3,6-8,10H2,1H3. The summed E-state index contributed by atoms with van der Waals surface area (Å²) in [5.41, 5.74) is 2.73. The summed E-state index contributed by atoms with van der Waals surface area (Å²) < 4.78 is 5.61. The largest absolute Gasteiger partial charge is 0.493 e. The Morgan fingerprint density at radius 3 is 3.12 bits per heavy atom. The first-order valence-corrected chi connectivity index (χ1v) is 6.47. The van der Waals surface area contributed by atoms with Gasteiger partial charge in [0, 0.05) is 18.8 Å². The Kier molecular flexibility index (Phi) is 4.13. The van der Waals surface area contributed by atoms with Crippen molar-refractivity contribution in [2.45, 2.75) is 19.4 Å². The van der Waals surface area contributed by atoms with Gasteiger partial charge in [0.2, 0.25) is 0 Å². The first-order chi connectivity index (χ1) is 7.79. The van der Waals surface area contributed by atoms with Crippen LogP contribution in [0.15, 0.2) is 18.2 Å². The summed E-state index contributed by atoms with van der Waals surface area (Å²) in [5.74, 6) is 1.98. The van der Waals surface area contributed by atoms with Crippen LogP contribution in [0.5, 0.6) is 5.75 Å².